The van der Waals surface area contributed by atoms with E-state index in [0.717, 1.165) is 24.5 Å². The first kappa shape index (κ1) is 16.7. The van der Waals surface area contributed by atoms with Crippen LogP contribution in [0, 0.1) is 19.8 Å². The van der Waals surface area contributed by atoms with Crippen molar-refractivity contribution in [2.45, 2.75) is 54.1 Å². The van der Waals surface area contributed by atoms with E-state index in [0.29, 0.717) is 25.4 Å². The Morgan fingerprint density at radius 2 is 2.05 bits per heavy atom. The maximum atomic E-state index is 11.5. The topological polar surface area (TPSA) is 59.0 Å². The Bertz CT molecular complexity index is 437. The molecule has 0 radical (unpaired) electrons. The number of rotatable bonds is 8. The van der Waals surface area contributed by atoms with Crippen molar-refractivity contribution >= 4 is 5.91 Å². The third kappa shape index (κ3) is 4.96. The molecule has 5 nitrogen and oxygen atoms in total. The number of aryl methyl sites for hydroxylation is 2. The van der Waals surface area contributed by atoms with E-state index >= 15 is 0 Å². The van der Waals surface area contributed by atoms with E-state index in [1.54, 1.807) is 0 Å². The van der Waals surface area contributed by atoms with Crippen LogP contribution in [0.2, 0.25) is 0 Å². The molecule has 0 atom stereocenters. The van der Waals surface area contributed by atoms with Crippen LogP contribution in [0.5, 0.6) is 0 Å². The summed E-state index contributed by atoms with van der Waals surface area (Å²) >= 11 is 0. The Kier molecular flexibility index (Phi) is 6.71. The second kappa shape index (κ2) is 8.04. The molecule has 0 aliphatic carbocycles. The lowest BCUT2D eigenvalue weighted by Gasteiger charge is -2.08. The fourth-order valence-electron chi connectivity index (χ4n) is 2.19. The van der Waals surface area contributed by atoms with Crippen LogP contribution in [0.25, 0.3) is 0 Å². The molecule has 0 aromatic carbocycles. The molecule has 5 heteroatoms. The summed E-state index contributed by atoms with van der Waals surface area (Å²) in [6.45, 7) is 13.6. The molecular weight excluding hydrogens is 252 g/mol. The van der Waals surface area contributed by atoms with E-state index in [2.05, 4.69) is 36.5 Å². The maximum absolute atomic E-state index is 11.5. The Labute approximate surface area is 122 Å². The average molecular weight is 280 g/mol. The van der Waals surface area contributed by atoms with Crippen LogP contribution in [0.3, 0.4) is 0 Å². The smallest absolute Gasteiger partial charge is 0.221 e. The standard InChI is InChI=1S/C15H28N4O/c1-6-17-15(20)7-8-19-13(5)14(12(4)18-19)10-16-9-11(2)3/h11,16H,6-10H2,1-5H3,(H,17,20). The summed E-state index contributed by atoms with van der Waals surface area (Å²) in [6.07, 6.45) is 0.481. The summed E-state index contributed by atoms with van der Waals surface area (Å²) in [6, 6.07) is 0. The number of hydrogen-bond acceptors (Lipinski definition) is 3. The molecule has 0 aliphatic heterocycles. The molecule has 1 aromatic rings. The summed E-state index contributed by atoms with van der Waals surface area (Å²) in [5.41, 5.74) is 3.46. The van der Waals surface area contributed by atoms with Crippen LogP contribution in [0.15, 0.2) is 0 Å². The Balaban J connectivity index is 2.59. The van der Waals surface area contributed by atoms with Gasteiger partial charge in [0.05, 0.1) is 5.69 Å². The molecule has 1 heterocycles. The molecule has 0 bridgehead atoms. The Hall–Kier alpha value is -1.36. The van der Waals surface area contributed by atoms with Crippen LogP contribution >= 0.6 is 0 Å². The SMILES string of the molecule is CCNC(=O)CCn1nc(C)c(CNCC(C)C)c1C. The first-order valence-corrected chi connectivity index (χ1v) is 7.46. The minimum Gasteiger partial charge on any atom is -0.356 e. The van der Waals surface area contributed by atoms with Gasteiger partial charge in [-0.1, -0.05) is 13.8 Å². The Morgan fingerprint density at radius 3 is 2.65 bits per heavy atom. The molecule has 0 unspecified atom stereocenters. The second-order valence-corrected chi connectivity index (χ2v) is 5.60. The van der Waals surface area contributed by atoms with Gasteiger partial charge in [0.25, 0.3) is 0 Å². The minimum absolute atomic E-state index is 0.0829. The molecule has 1 aromatic heterocycles. The number of hydrogen-bond donors (Lipinski definition) is 2. The number of aromatic nitrogens is 2. The van der Waals surface area contributed by atoms with Gasteiger partial charge in [-0.25, -0.2) is 0 Å². The van der Waals surface area contributed by atoms with Crippen LogP contribution in [-0.2, 0) is 17.9 Å². The van der Waals surface area contributed by atoms with Crippen LogP contribution in [-0.4, -0.2) is 28.8 Å². The summed E-state index contributed by atoms with van der Waals surface area (Å²) in [7, 11) is 0. The molecule has 0 spiro atoms. The highest BCUT2D eigenvalue weighted by Gasteiger charge is 2.12. The van der Waals surface area contributed by atoms with Crippen molar-refractivity contribution in [3.8, 4) is 0 Å². The molecule has 2 N–H and O–H groups in total. The van der Waals surface area contributed by atoms with E-state index in [-0.39, 0.29) is 5.91 Å². The predicted octanol–water partition coefficient (Wildman–Crippen LogP) is 1.77. The van der Waals surface area contributed by atoms with E-state index in [1.165, 1.54) is 5.56 Å². The zero-order chi connectivity index (χ0) is 15.1. The minimum atomic E-state index is 0.0829. The Morgan fingerprint density at radius 1 is 1.35 bits per heavy atom. The van der Waals surface area contributed by atoms with Gasteiger partial charge in [-0.15, -0.1) is 0 Å². The van der Waals surface area contributed by atoms with Crippen molar-refractivity contribution in [3.63, 3.8) is 0 Å². The van der Waals surface area contributed by atoms with Crippen molar-refractivity contribution in [1.82, 2.24) is 20.4 Å². The molecular formula is C15H28N4O. The second-order valence-electron chi connectivity index (χ2n) is 5.60. The van der Waals surface area contributed by atoms with Crippen molar-refractivity contribution in [3.05, 3.63) is 17.0 Å². The number of carbonyl (C=O) groups excluding carboxylic acids is 1. The lowest BCUT2D eigenvalue weighted by Crippen LogP contribution is -2.24. The highest BCUT2D eigenvalue weighted by molar-refractivity contribution is 5.75. The van der Waals surface area contributed by atoms with E-state index in [1.807, 2.05) is 18.5 Å². The summed E-state index contributed by atoms with van der Waals surface area (Å²) in [4.78, 5) is 11.5. The van der Waals surface area contributed by atoms with E-state index in [4.69, 9.17) is 0 Å². The monoisotopic (exact) mass is 280 g/mol. The fourth-order valence-corrected chi connectivity index (χ4v) is 2.19. The number of nitrogens with one attached hydrogen (secondary N) is 2. The molecule has 1 rings (SSSR count). The summed E-state index contributed by atoms with van der Waals surface area (Å²) in [5.74, 6) is 0.725. The van der Waals surface area contributed by atoms with Crippen molar-refractivity contribution in [1.29, 1.82) is 0 Å². The highest BCUT2D eigenvalue weighted by Crippen LogP contribution is 2.13. The quantitative estimate of drug-likeness (QED) is 0.763. The molecule has 20 heavy (non-hydrogen) atoms. The predicted molar refractivity (Wildman–Crippen MR) is 81.5 cm³/mol. The molecule has 1 amide bonds. The van der Waals surface area contributed by atoms with Crippen molar-refractivity contribution in [2.75, 3.05) is 13.1 Å². The molecule has 0 aliphatic rings. The number of amides is 1. The average Bonchev–Trinajstić information content (AvgIpc) is 2.63. The van der Waals surface area contributed by atoms with Crippen LogP contribution in [0.1, 0.15) is 44.1 Å². The van der Waals surface area contributed by atoms with Gasteiger partial charge in [0.15, 0.2) is 0 Å². The number of nitrogens with zero attached hydrogens (tertiary/aromatic N) is 2. The summed E-state index contributed by atoms with van der Waals surface area (Å²) < 4.78 is 1.94. The van der Waals surface area contributed by atoms with Gasteiger partial charge in [-0.3, -0.25) is 9.48 Å². The van der Waals surface area contributed by atoms with Gasteiger partial charge in [0, 0.05) is 37.3 Å². The van der Waals surface area contributed by atoms with Crippen molar-refractivity contribution < 1.29 is 4.79 Å². The third-order valence-corrected chi connectivity index (χ3v) is 3.31. The fraction of sp³-hybridized carbons (Fsp3) is 0.733. The lowest BCUT2D eigenvalue weighted by atomic mass is 10.2. The first-order chi connectivity index (χ1) is 9.45. The van der Waals surface area contributed by atoms with E-state index < -0.39 is 0 Å². The van der Waals surface area contributed by atoms with Gasteiger partial charge < -0.3 is 10.6 Å². The van der Waals surface area contributed by atoms with Gasteiger partial charge in [0.1, 0.15) is 0 Å². The van der Waals surface area contributed by atoms with Gasteiger partial charge in [-0.05, 0) is 33.2 Å². The zero-order valence-electron chi connectivity index (χ0n) is 13.4. The van der Waals surface area contributed by atoms with Crippen LogP contribution in [0.4, 0.5) is 0 Å². The summed E-state index contributed by atoms with van der Waals surface area (Å²) in [5, 5.41) is 10.8. The van der Waals surface area contributed by atoms with Crippen LogP contribution < -0.4 is 10.6 Å². The third-order valence-electron chi connectivity index (χ3n) is 3.31. The zero-order valence-corrected chi connectivity index (χ0v) is 13.4. The van der Waals surface area contributed by atoms with E-state index in [9.17, 15) is 4.79 Å². The lowest BCUT2D eigenvalue weighted by molar-refractivity contribution is -0.121. The van der Waals surface area contributed by atoms with Gasteiger partial charge in [0.2, 0.25) is 5.91 Å². The normalized spacial score (nSPS) is 11.1. The maximum Gasteiger partial charge on any atom is 0.221 e. The highest BCUT2D eigenvalue weighted by atomic mass is 16.1. The first-order valence-electron chi connectivity index (χ1n) is 7.46. The molecule has 114 valence electrons. The van der Waals surface area contributed by atoms with Gasteiger partial charge in [-0.2, -0.15) is 5.10 Å². The molecule has 0 fully saturated rings. The van der Waals surface area contributed by atoms with Gasteiger partial charge >= 0.3 is 0 Å². The largest absolute Gasteiger partial charge is 0.356 e. The molecule has 0 saturated heterocycles. The van der Waals surface area contributed by atoms with Crippen molar-refractivity contribution in [2.24, 2.45) is 5.92 Å². The molecule has 0 saturated carbocycles. The number of carbonyl (C=O) groups is 1.